The molecular formula is C15H11ClF3NO. The maximum absolute atomic E-state index is 12.7. The largest absolute Gasteiger partial charge is 0.438 e. The monoisotopic (exact) mass is 313 g/mol. The fraction of sp³-hybridized carbons (Fsp3) is 0.133. The molecule has 0 fully saturated rings. The van der Waals surface area contributed by atoms with Crippen LogP contribution in [-0.4, -0.2) is 4.98 Å². The predicted octanol–water partition coefficient (Wildman–Crippen LogP) is 5.58. The molecule has 0 unspecified atom stereocenters. The molecule has 1 heterocycles. The summed E-state index contributed by atoms with van der Waals surface area (Å²) in [6.45, 7) is 1.83. The molecule has 21 heavy (non-hydrogen) atoms. The van der Waals surface area contributed by atoms with Crippen LogP contribution >= 0.6 is 11.6 Å². The summed E-state index contributed by atoms with van der Waals surface area (Å²) in [7, 11) is 0. The molecule has 0 aliphatic heterocycles. The predicted molar refractivity (Wildman–Crippen MR) is 75.5 cm³/mol. The van der Waals surface area contributed by atoms with Crippen molar-refractivity contribution in [3.8, 4) is 11.6 Å². The van der Waals surface area contributed by atoms with Crippen molar-refractivity contribution >= 4 is 17.7 Å². The highest BCUT2D eigenvalue weighted by atomic mass is 35.5. The second-order valence-corrected chi connectivity index (χ2v) is 4.54. The van der Waals surface area contributed by atoms with Gasteiger partial charge < -0.3 is 4.74 Å². The molecule has 0 saturated heterocycles. The molecule has 0 bridgehead atoms. The van der Waals surface area contributed by atoms with Crippen molar-refractivity contribution < 1.29 is 17.9 Å². The van der Waals surface area contributed by atoms with E-state index >= 15 is 0 Å². The molecule has 2 nitrogen and oxygen atoms in total. The summed E-state index contributed by atoms with van der Waals surface area (Å²) < 4.78 is 43.6. The van der Waals surface area contributed by atoms with Crippen molar-refractivity contribution in [2.45, 2.75) is 13.1 Å². The number of rotatable bonds is 3. The minimum Gasteiger partial charge on any atom is -0.438 e. The maximum atomic E-state index is 12.7. The lowest BCUT2D eigenvalue weighted by atomic mass is 10.2. The quantitative estimate of drug-likeness (QED) is 0.690. The summed E-state index contributed by atoms with van der Waals surface area (Å²) in [5.41, 5.74) is -0.170. The summed E-state index contributed by atoms with van der Waals surface area (Å²) in [4.78, 5) is 3.76. The van der Waals surface area contributed by atoms with Gasteiger partial charge in [0.25, 0.3) is 0 Å². The van der Waals surface area contributed by atoms with Gasteiger partial charge in [-0.25, -0.2) is 4.98 Å². The molecule has 2 aromatic rings. The average molecular weight is 314 g/mol. The smallest absolute Gasteiger partial charge is 0.416 e. The Kier molecular flexibility index (Phi) is 4.53. The minimum atomic E-state index is -4.51. The van der Waals surface area contributed by atoms with E-state index in [4.69, 9.17) is 16.3 Å². The zero-order valence-corrected chi connectivity index (χ0v) is 11.7. The van der Waals surface area contributed by atoms with E-state index in [0.717, 1.165) is 17.7 Å². The number of pyridine rings is 1. The standard InChI is InChI=1S/C15H11ClF3NO/c1-2-5-10-6-3-4-7-12(10)21-14-9-11(15(17,18)19)8-13(16)20-14/h2-9H,1H3/b5-2+. The van der Waals surface area contributed by atoms with E-state index in [2.05, 4.69) is 4.98 Å². The van der Waals surface area contributed by atoms with Gasteiger partial charge in [-0.2, -0.15) is 13.2 Å². The topological polar surface area (TPSA) is 22.1 Å². The molecule has 1 aromatic carbocycles. The number of aromatic nitrogens is 1. The number of ether oxygens (including phenoxy) is 1. The van der Waals surface area contributed by atoms with E-state index in [1.165, 1.54) is 0 Å². The number of alkyl halides is 3. The fourth-order valence-electron chi connectivity index (χ4n) is 1.69. The Labute approximate surface area is 124 Å². The molecule has 0 radical (unpaired) electrons. The molecule has 6 heteroatoms. The highest BCUT2D eigenvalue weighted by Gasteiger charge is 2.31. The number of benzene rings is 1. The molecule has 0 aliphatic carbocycles. The Bertz CT molecular complexity index is 668. The first kappa shape index (κ1) is 15.4. The number of para-hydroxylation sites is 1. The Morgan fingerprint density at radius 1 is 1.19 bits per heavy atom. The van der Waals surface area contributed by atoms with Crippen molar-refractivity contribution in [1.29, 1.82) is 0 Å². The normalized spacial score (nSPS) is 11.9. The molecule has 2 rings (SSSR count). The van der Waals surface area contributed by atoms with E-state index in [0.29, 0.717) is 5.75 Å². The molecule has 0 aliphatic rings. The van der Waals surface area contributed by atoms with Crippen molar-refractivity contribution in [2.24, 2.45) is 0 Å². The summed E-state index contributed by atoms with van der Waals surface area (Å²) >= 11 is 5.62. The SMILES string of the molecule is C/C=C/c1ccccc1Oc1cc(C(F)(F)F)cc(Cl)n1. The number of hydrogen-bond donors (Lipinski definition) is 0. The van der Waals surface area contributed by atoms with Crippen LogP contribution in [0, 0.1) is 0 Å². The highest BCUT2D eigenvalue weighted by Crippen LogP contribution is 2.34. The highest BCUT2D eigenvalue weighted by molar-refractivity contribution is 6.29. The summed E-state index contributed by atoms with van der Waals surface area (Å²) in [6.07, 6.45) is -0.924. The summed E-state index contributed by atoms with van der Waals surface area (Å²) in [6, 6.07) is 8.52. The van der Waals surface area contributed by atoms with Crippen LogP contribution in [0.1, 0.15) is 18.1 Å². The van der Waals surface area contributed by atoms with E-state index in [-0.39, 0.29) is 11.0 Å². The number of nitrogens with zero attached hydrogens (tertiary/aromatic N) is 1. The molecule has 0 saturated carbocycles. The second kappa shape index (κ2) is 6.18. The van der Waals surface area contributed by atoms with Crippen molar-refractivity contribution in [2.75, 3.05) is 0 Å². The third-order valence-electron chi connectivity index (χ3n) is 2.58. The van der Waals surface area contributed by atoms with Crippen LogP contribution in [-0.2, 0) is 6.18 Å². The molecule has 0 atom stereocenters. The molecule has 1 aromatic heterocycles. The molecule has 0 N–H and O–H groups in total. The van der Waals surface area contributed by atoms with Gasteiger partial charge in [0.15, 0.2) is 0 Å². The van der Waals surface area contributed by atoms with Gasteiger partial charge >= 0.3 is 6.18 Å². The Morgan fingerprint density at radius 3 is 2.57 bits per heavy atom. The summed E-state index contributed by atoms with van der Waals surface area (Å²) in [5, 5.41) is -0.275. The van der Waals surface area contributed by atoms with Gasteiger partial charge in [0.2, 0.25) is 5.88 Å². The average Bonchev–Trinajstić information content (AvgIpc) is 2.40. The first-order valence-electron chi connectivity index (χ1n) is 6.04. The van der Waals surface area contributed by atoms with Crippen LogP contribution < -0.4 is 4.74 Å². The minimum absolute atomic E-state index is 0.202. The molecule has 0 spiro atoms. The Balaban J connectivity index is 2.38. The van der Waals surface area contributed by atoms with E-state index in [9.17, 15) is 13.2 Å². The second-order valence-electron chi connectivity index (χ2n) is 4.15. The van der Waals surface area contributed by atoms with Crippen LogP contribution in [0.25, 0.3) is 6.08 Å². The molecule has 110 valence electrons. The molecular weight excluding hydrogens is 303 g/mol. The van der Waals surface area contributed by atoms with Gasteiger partial charge in [0.1, 0.15) is 10.9 Å². The third-order valence-corrected chi connectivity index (χ3v) is 2.77. The summed E-state index contributed by atoms with van der Waals surface area (Å²) in [5.74, 6) is 0.199. The van der Waals surface area contributed by atoms with Crippen molar-refractivity contribution in [3.63, 3.8) is 0 Å². The lowest BCUT2D eigenvalue weighted by molar-refractivity contribution is -0.137. The number of halogens is 4. The van der Waals surface area contributed by atoms with Gasteiger partial charge in [-0.15, -0.1) is 0 Å². The first-order chi connectivity index (χ1) is 9.90. The van der Waals surface area contributed by atoms with E-state index in [1.807, 2.05) is 6.92 Å². The molecule has 0 amide bonds. The zero-order valence-electron chi connectivity index (χ0n) is 11.0. The number of hydrogen-bond acceptors (Lipinski definition) is 2. The lowest BCUT2D eigenvalue weighted by Gasteiger charge is -2.11. The van der Waals surface area contributed by atoms with Gasteiger partial charge in [-0.3, -0.25) is 0 Å². The fourth-order valence-corrected chi connectivity index (χ4v) is 1.89. The first-order valence-corrected chi connectivity index (χ1v) is 6.42. The Hall–Kier alpha value is -2.01. The third kappa shape index (κ3) is 3.98. The Morgan fingerprint density at radius 2 is 1.90 bits per heavy atom. The van der Waals surface area contributed by atoms with Crippen LogP contribution in [0.2, 0.25) is 5.15 Å². The van der Waals surface area contributed by atoms with Crippen molar-refractivity contribution in [3.05, 3.63) is 58.8 Å². The van der Waals surface area contributed by atoms with Crippen molar-refractivity contribution in [1.82, 2.24) is 4.98 Å². The van der Waals surface area contributed by atoms with Crippen LogP contribution in [0.5, 0.6) is 11.6 Å². The lowest BCUT2D eigenvalue weighted by Crippen LogP contribution is -2.06. The van der Waals surface area contributed by atoms with Crippen LogP contribution in [0.3, 0.4) is 0 Å². The van der Waals surface area contributed by atoms with Crippen LogP contribution in [0.15, 0.2) is 42.5 Å². The number of allylic oxidation sites excluding steroid dienone is 1. The van der Waals surface area contributed by atoms with E-state index in [1.54, 1.807) is 36.4 Å². The van der Waals surface area contributed by atoms with E-state index < -0.39 is 11.7 Å². The maximum Gasteiger partial charge on any atom is 0.416 e. The van der Waals surface area contributed by atoms with Crippen LogP contribution in [0.4, 0.5) is 13.2 Å². The van der Waals surface area contributed by atoms with Gasteiger partial charge in [0.05, 0.1) is 5.56 Å². The van der Waals surface area contributed by atoms with Gasteiger partial charge in [-0.05, 0) is 19.1 Å². The van der Waals surface area contributed by atoms with Gasteiger partial charge in [-0.1, -0.05) is 42.0 Å². The van der Waals surface area contributed by atoms with Gasteiger partial charge in [0, 0.05) is 11.6 Å². The zero-order chi connectivity index (χ0) is 15.5.